The van der Waals surface area contributed by atoms with Crippen molar-refractivity contribution >= 4 is 5.91 Å². The Morgan fingerprint density at radius 2 is 1.23 bits per heavy atom. The first-order chi connectivity index (χ1) is 6.96. The van der Waals surface area contributed by atoms with Crippen molar-refractivity contribution in [3.63, 3.8) is 0 Å². The van der Waals surface area contributed by atoms with Gasteiger partial charge in [0.1, 0.15) is 5.82 Å². The standard InChI is InChI=1S/C11H14FNO2.11H3N/c1-11(2,7-14)13-10(15)8-5-3-4-6-9(8)12;;;;;;;;;;;/h3-6,14H,7H2,1-2H3,(H,13,15);11*1H3. The number of hydrogen-bond donors (Lipinski definition) is 13. The molecule has 15 heteroatoms. The summed E-state index contributed by atoms with van der Waals surface area (Å²) in [6.07, 6.45) is 0. The van der Waals surface area contributed by atoms with E-state index in [9.17, 15) is 9.18 Å². The number of benzene rings is 1. The third kappa shape index (κ3) is 22.1. The molecule has 1 aromatic carbocycles. The predicted molar refractivity (Wildman–Crippen MR) is 110 cm³/mol. The minimum atomic E-state index is -0.751. The number of aliphatic hydroxyl groups excluding tert-OH is 1. The van der Waals surface area contributed by atoms with Crippen molar-refractivity contribution < 1.29 is 14.3 Å². The van der Waals surface area contributed by atoms with E-state index < -0.39 is 17.3 Å². The third-order valence-corrected chi connectivity index (χ3v) is 1.97. The maximum absolute atomic E-state index is 13.2. The van der Waals surface area contributed by atoms with Gasteiger partial charge in [0.25, 0.3) is 5.91 Å². The molecule has 0 bridgehead atoms. The van der Waals surface area contributed by atoms with Crippen molar-refractivity contribution in [2.24, 2.45) is 0 Å². The van der Waals surface area contributed by atoms with Gasteiger partial charge in [0.2, 0.25) is 0 Å². The molecule has 35 N–H and O–H groups in total. The number of rotatable bonds is 3. The van der Waals surface area contributed by atoms with Gasteiger partial charge in [0, 0.05) is 0 Å². The summed E-state index contributed by atoms with van der Waals surface area (Å²) < 4.78 is 13.2. The van der Waals surface area contributed by atoms with E-state index in [1.54, 1.807) is 19.9 Å². The fourth-order valence-corrected chi connectivity index (χ4v) is 1.06. The van der Waals surface area contributed by atoms with Gasteiger partial charge >= 0.3 is 0 Å². The first-order valence-electron chi connectivity index (χ1n) is 4.64. The summed E-state index contributed by atoms with van der Waals surface area (Å²) in [7, 11) is 0. The number of hydrogen-bond acceptors (Lipinski definition) is 13. The number of carbonyl (C=O) groups is 1. The highest BCUT2D eigenvalue weighted by Crippen LogP contribution is 2.08. The Hall–Kier alpha value is -1.86. The Balaban J connectivity index is -0.0000000227. The van der Waals surface area contributed by atoms with Crippen LogP contribution in [0.5, 0.6) is 0 Å². The van der Waals surface area contributed by atoms with Crippen LogP contribution in [0.4, 0.5) is 4.39 Å². The van der Waals surface area contributed by atoms with E-state index in [0.717, 1.165) is 0 Å². The Morgan fingerprint density at radius 1 is 0.885 bits per heavy atom. The topological polar surface area (TPSA) is 434 Å². The lowest BCUT2D eigenvalue weighted by atomic mass is 10.1. The molecule has 1 aromatic rings. The normalized spacial score (nSPS) is 6.46. The van der Waals surface area contributed by atoms with Crippen LogP contribution in [0.3, 0.4) is 0 Å². The van der Waals surface area contributed by atoms with Crippen molar-refractivity contribution in [2.75, 3.05) is 6.61 Å². The van der Waals surface area contributed by atoms with Crippen LogP contribution in [0.2, 0.25) is 0 Å². The summed E-state index contributed by atoms with van der Waals surface area (Å²) in [6.45, 7) is 3.12. The van der Waals surface area contributed by atoms with Crippen LogP contribution in [0.25, 0.3) is 0 Å². The van der Waals surface area contributed by atoms with Crippen LogP contribution in [-0.4, -0.2) is 23.2 Å². The minimum absolute atomic E-state index is 0. The van der Waals surface area contributed by atoms with Crippen LogP contribution in [0.15, 0.2) is 24.3 Å². The van der Waals surface area contributed by atoms with Gasteiger partial charge in [-0.2, -0.15) is 0 Å². The molecule has 0 radical (unpaired) electrons. The van der Waals surface area contributed by atoms with E-state index in [0.29, 0.717) is 0 Å². The molecule has 1 rings (SSSR count). The number of aliphatic hydroxyl groups is 1. The minimum Gasteiger partial charge on any atom is -0.394 e. The molecule has 0 fully saturated rings. The highest BCUT2D eigenvalue weighted by Gasteiger charge is 2.21. The summed E-state index contributed by atoms with van der Waals surface area (Å²) in [4.78, 5) is 11.6. The molecule has 0 spiro atoms. The number of nitrogens with one attached hydrogen (secondary N) is 1. The molecule has 0 aliphatic carbocycles. The van der Waals surface area contributed by atoms with Gasteiger partial charge < -0.3 is 78.1 Å². The molecule has 1 amide bonds. The molecule has 170 valence electrons. The number of carbonyl (C=O) groups excluding carboxylic acids is 1. The summed E-state index contributed by atoms with van der Waals surface area (Å²) in [5.74, 6) is -1.09. The summed E-state index contributed by atoms with van der Waals surface area (Å²) in [5.41, 5.74) is -0.765. The Morgan fingerprint density at radius 3 is 1.54 bits per heavy atom. The molecule has 14 nitrogen and oxygen atoms in total. The summed E-state index contributed by atoms with van der Waals surface area (Å²) in [6, 6.07) is 5.73. The monoisotopic (exact) mass is 398 g/mol. The van der Waals surface area contributed by atoms with Crippen molar-refractivity contribution in [3.05, 3.63) is 35.6 Å². The van der Waals surface area contributed by atoms with Gasteiger partial charge in [0.05, 0.1) is 17.7 Å². The molecular formula is C11H47FN12O2. The zero-order chi connectivity index (χ0) is 11.5. The SMILES string of the molecule is CC(C)(CO)NC(=O)c1ccccc1F.N.N.N.N.N.N.N.N.N.N.N. The number of halogens is 1. The van der Waals surface area contributed by atoms with Crippen LogP contribution in [0, 0.1) is 5.82 Å². The highest BCUT2D eigenvalue weighted by atomic mass is 19.1. The lowest BCUT2D eigenvalue weighted by Crippen LogP contribution is -2.46. The summed E-state index contributed by atoms with van der Waals surface area (Å²) in [5, 5.41) is 11.5. The van der Waals surface area contributed by atoms with E-state index in [1.807, 2.05) is 0 Å². The van der Waals surface area contributed by atoms with E-state index in [2.05, 4.69) is 5.32 Å². The molecule has 0 aromatic heterocycles. The second-order valence-electron chi connectivity index (χ2n) is 3.98. The zero-order valence-corrected chi connectivity index (χ0v) is 16.5. The largest absolute Gasteiger partial charge is 0.394 e. The third-order valence-electron chi connectivity index (χ3n) is 1.97. The Kier molecular flexibility index (Phi) is 89.2. The average molecular weight is 399 g/mol. The van der Waals surface area contributed by atoms with Gasteiger partial charge in [-0.05, 0) is 26.0 Å². The second kappa shape index (κ2) is 31.0. The fourth-order valence-electron chi connectivity index (χ4n) is 1.06. The van der Waals surface area contributed by atoms with Crippen molar-refractivity contribution in [2.45, 2.75) is 19.4 Å². The average Bonchev–Trinajstić information content (AvgIpc) is 2.17. The zero-order valence-electron chi connectivity index (χ0n) is 16.5. The Labute approximate surface area is 155 Å². The lowest BCUT2D eigenvalue weighted by molar-refractivity contribution is 0.0865. The van der Waals surface area contributed by atoms with E-state index in [1.165, 1.54) is 18.2 Å². The van der Waals surface area contributed by atoms with Gasteiger partial charge in [-0.1, -0.05) is 12.1 Å². The maximum atomic E-state index is 13.2. The molecule has 0 aliphatic heterocycles. The van der Waals surface area contributed by atoms with Crippen molar-refractivity contribution in [3.8, 4) is 0 Å². The molecule has 0 saturated heterocycles. The smallest absolute Gasteiger partial charge is 0.254 e. The van der Waals surface area contributed by atoms with Gasteiger partial charge in [-0.3, -0.25) is 4.79 Å². The molecule has 0 saturated carbocycles. The first kappa shape index (κ1) is 74.9. The van der Waals surface area contributed by atoms with Crippen LogP contribution >= 0.6 is 0 Å². The van der Waals surface area contributed by atoms with Crippen LogP contribution in [-0.2, 0) is 0 Å². The molecule has 0 heterocycles. The van der Waals surface area contributed by atoms with Crippen molar-refractivity contribution in [1.82, 2.24) is 73.0 Å². The van der Waals surface area contributed by atoms with Crippen LogP contribution < -0.4 is 73.0 Å². The summed E-state index contributed by atoms with van der Waals surface area (Å²) >= 11 is 0. The molecule has 26 heavy (non-hydrogen) atoms. The maximum Gasteiger partial charge on any atom is 0.254 e. The van der Waals surface area contributed by atoms with E-state index in [-0.39, 0.29) is 79.8 Å². The van der Waals surface area contributed by atoms with E-state index in [4.69, 9.17) is 5.11 Å². The molecular weight excluding hydrogens is 351 g/mol. The molecule has 0 unspecified atom stereocenters. The van der Waals surface area contributed by atoms with Crippen LogP contribution in [0.1, 0.15) is 24.2 Å². The second-order valence-corrected chi connectivity index (χ2v) is 3.98. The highest BCUT2D eigenvalue weighted by molar-refractivity contribution is 5.94. The number of amides is 1. The first-order valence-corrected chi connectivity index (χ1v) is 4.64. The molecule has 0 aliphatic rings. The lowest BCUT2D eigenvalue weighted by Gasteiger charge is -2.23. The fraction of sp³-hybridized carbons (Fsp3) is 0.364. The Bertz CT molecular complexity index is 384. The molecule has 0 atom stereocenters. The van der Waals surface area contributed by atoms with Gasteiger partial charge in [-0.25, -0.2) is 4.39 Å². The van der Waals surface area contributed by atoms with Gasteiger partial charge in [0.15, 0.2) is 0 Å². The van der Waals surface area contributed by atoms with Gasteiger partial charge in [-0.15, -0.1) is 0 Å². The van der Waals surface area contributed by atoms with Crippen molar-refractivity contribution in [1.29, 1.82) is 0 Å². The quantitative estimate of drug-likeness (QED) is 0.348. The predicted octanol–water partition coefficient (Wildman–Crippen LogP) is 3.11. The van der Waals surface area contributed by atoms with E-state index >= 15 is 0 Å².